The van der Waals surface area contributed by atoms with E-state index < -0.39 is 11.8 Å². The van der Waals surface area contributed by atoms with Gasteiger partial charge in [-0.15, -0.1) is 0 Å². The number of nitrogens with zero attached hydrogens (tertiary/aromatic N) is 1. The average Bonchev–Trinajstić information content (AvgIpc) is 3.18. The van der Waals surface area contributed by atoms with Gasteiger partial charge in [-0.1, -0.05) is 36.4 Å². The van der Waals surface area contributed by atoms with E-state index >= 15 is 4.39 Å². The largest absolute Gasteiger partial charge is 0.374 e. The number of carbonyl (C=O) groups excluding carboxylic acids is 1. The van der Waals surface area contributed by atoms with Crippen LogP contribution in [0.2, 0.25) is 0 Å². The molecule has 0 radical (unpaired) electrons. The van der Waals surface area contributed by atoms with Gasteiger partial charge in [0.15, 0.2) is 5.67 Å². The van der Waals surface area contributed by atoms with Crippen molar-refractivity contribution < 1.29 is 13.9 Å². The van der Waals surface area contributed by atoms with Gasteiger partial charge in [0.05, 0.1) is 18.8 Å². The van der Waals surface area contributed by atoms with Gasteiger partial charge >= 0.3 is 0 Å². The van der Waals surface area contributed by atoms with Gasteiger partial charge in [-0.25, -0.2) is 4.39 Å². The molecule has 138 valence electrons. The highest BCUT2D eigenvalue weighted by molar-refractivity contribution is 5.55. The van der Waals surface area contributed by atoms with Crippen LogP contribution in [-0.4, -0.2) is 42.8 Å². The van der Waals surface area contributed by atoms with Gasteiger partial charge < -0.3 is 15.4 Å². The number of carbonyl (C=O) groups is 1. The normalized spacial score (nSPS) is 33.7. The lowest BCUT2D eigenvalue weighted by Gasteiger charge is -2.38. The third kappa shape index (κ3) is 2.99. The summed E-state index contributed by atoms with van der Waals surface area (Å²) < 4.78 is 21.1. The lowest BCUT2D eigenvalue weighted by Crippen LogP contribution is -2.39. The summed E-state index contributed by atoms with van der Waals surface area (Å²) in [6.45, 7) is 1.75. The second-order valence-corrected chi connectivity index (χ2v) is 7.52. The quantitative estimate of drug-likeness (QED) is 0.844. The molecule has 3 aliphatic rings. The molecular weight excluding hydrogens is 331 g/mol. The Balaban J connectivity index is 1.57. The maximum absolute atomic E-state index is 15.4. The van der Waals surface area contributed by atoms with Crippen molar-refractivity contribution in [1.82, 2.24) is 4.90 Å². The Hall–Kier alpha value is -1.98. The number of alkyl halides is 1. The molecular formula is C21H25FN2O2. The number of rotatable bonds is 4. The van der Waals surface area contributed by atoms with Gasteiger partial charge in [-0.2, -0.15) is 0 Å². The van der Waals surface area contributed by atoms with E-state index in [1.54, 1.807) is 11.0 Å². The molecule has 1 aromatic rings. The smallest absolute Gasteiger partial charge is 0.210 e. The number of ether oxygens (including phenoxy) is 1. The first-order chi connectivity index (χ1) is 12.6. The van der Waals surface area contributed by atoms with Crippen molar-refractivity contribution in [3.63, 3.8) is 0 Å². The second kappa shape index (κ2) is 6.97. The summed E-state index contributed by atoms with van der Waals surface area (Å²) in [5.74, 6) is 0.238. The van der Waals surface area contributed by atoms with Gasteiger partial charge in [0.1, 0.15) is 0 Å². The van der Waals surface area contributed by atoms with Crippen molar-refractivity contribution in [3.8, 4) is 0 Å². The highest BCUT2D eigenvalue weighted by Crippen LogP contribution is 2.41. The molecule has 4 atom stereocenters. The minimum atomic E-state index is -1.49. The molecule has 4 rings (SSSR count). The number of hydrogen-bond donors (Lipinski definition) is 1. The summed E-state index contributed by atoms with van der Waals surface area (Å²) in [6.07, 6.45) is 7.65. The van der Waals surface area contributed by atoms with Crippen molar-refractivity contribution in [2.24, 2.45) is 11.7 Å². The molecule has 1 saturated heterocycles. The van der Waals surface area contributed by atoms with E-state index in [4.69, 9.17) is 10.5 Å². The molecule has 5 heteroatoms. The highest BCUT2D eigenvalue weighted by Gasteiger charge is 2.43. The molecule has 26 heavy (non-hydrogen) atoms. The molecule has 0 bridgehead atoms. The van der Waals surface area contributed by atoms with E-state index in [-0.39, 0.29) is 18.4 Å². The van der Waals surface area contributed by atoms with E-state index in [0.29, 0.717) is 26.1 Å². The fraction of sp³-hybridized carbons (Fsp3) is 0.476. The summed E-state index contributed by atoms with van der Waals surface area (Å²) in [5, 5.41) is 0. The summed E-state index contributed by atoms with van der Waals surface area (Å²) in [6, 6.07) is 8.05. The molecule has 2 unspecified atom stereocenters. The van der Waals surface area contributed by atoms with Gasteiger partial charge in [0, 0.05) is 13.0 Å². The Morgan fingerprint density at radius 1 is 1.38 bits per heavy atom. The molecule has 2 N–H and O–H groups in total. The molecule has 2 heterocycles. The molecule has 0 spiro atoms. The minimum Gasteiger partial charge on any atom is -0.374 e. The van der Waals surface area contributed by atoms with E-state index in [2.05, 4.69) is 12.1 Å². The van der Waals surface area contributed by atoms with Crippen LogP contribution in [0.3, 0.4) is 0 Å². The van der Waals surface area contributed by atoms with Crippen molar-refractivity contribution in [2.75, 3.05) is 19.7 Å². The zero-order chi connectivity index (χ0) is 18.1. The lowest BCUT2D eigenvalue weighted by atomic mass is 9.81. The standard InChI is InChI=1S/C21H25FN2O2/c22-21(19-11-15(12-23)13-26-19)8-5-17(6-9-21)20-18-4-2-1-3-16(18)7-10-24(20)14-25/h1-6,8,14-15,19-20H,7,9-13,23H2/t15?,19-,20-,21?/m0/s1. The highest BCUT2D eigenvalue weighted by atomic mass is 19.1. The van der Waals surface area contributed by atoms with Crippen LogP contribution in [0.1, 0.15) is 30.0 Å². The Labute approximate surface area is 153 Å². The predicted octanol–water partition coefficient (Wildman–Crippen LogP) is 2.70. The number of amides is 1. The Bertz CT molecular complexity index is 747. The molecule has 0 aromatic heterocycles. The summed E-state index contributed by atoms with van der Waals surface area (Å²) in [5.41, 5.74) is 7.57. The lowest BCUT2D eigenvalue weighted by molar-refractivity contribution is -0.120. The van der Waals surface area contributed by atoms with Crippen molar-refractivity contribution in [1.29, 1.82) is 0 Å². The van der Waals surface area contributed by atoms with E-state index in [1.807, 2.05) is 24.3 Å². The van der Waals surface area contributed by atoms with E-state index in [1.165, 1.54) is 5.56 Å². The molecule has 2 aliphatic heterocycles. The SMILES string of the molecule is NCC1CO[C@H](C2(F)C=CC([C@H]3c4ccccc4CCN3C=O)=CC2)C1. The average molecular weight is 356 g/mol. The molecule has 1 aliphatic carbocycles. The first kappa shape index (κ1) is 17.4. The molecule has 1 fully saturated rings. The van der Waals surface area contributed by atoms with Crippen molar-refractivity contribution in [2.45, 2.75) is 37.1 Å². The minimum absolute atomic E-state index is 0.139. The van der Waals surface area contributed by atoms with Crippen LogP contribution in [-0.2, 0) is 16.0 Å². The number of nitrogens with two attached hydrogens (primary N) is 1. The van der Waals surface area contributed by atoms with Crippen LogP contribution in [0.15, 0.2) is 48.1 Å². The van der Waals surface area contributed by atoms with Crippen molar-refractivity contribution in [3.05, 3.63) is 59.2 Å². The fourth-order valence-corrected chi connectivity index (χ4v) is 4.35. The molecule has 4 nitrogen and oxygen atoms in total. The Kier molecular flexibility index (Phi) is 4.67. The molecule has 0 saturated carbocycles. The maximum atomic E-state index is 15.4. The number of hydrogen-bond acceptors (Lipinski definition) is 3. The van der Waals surface area contributed by atoms with E-state index in [9.17, 15) is 4.79 Å². The van der Waals surface area contributed by atoms with Crippen LogP contribution < -0.4 is 5.73 Å². The Morgan fingerprint density at radius 3 is 2.92 bits per heavy atom. The number of benzene rings is 1. The van der Waals surface area contributed by atoms with Crippen LogP contribution in [0.4, 0.5) is 4.39 Å². The first-order valence-corrected chi connectivity index (χ1v) is 9.33. The van der Waals surface area contributed by atoms with Crippen LogP contribution in [0.25, 0.3) is 0 Å². The predicted molar refractivity (Wildman–Crippen MR) is 98.2 cm³/mol. The van der Waals surface area contributed by atoms with Gasteiger partial charge in [-0.3, -0.25) is 4.79 Å². The summed E-state index contributed by atoms with van der Waals surface area (Å²) >= 11 is 0. The maximum Gasteiger partial charge on any atom is 0.210 e. The zero-order valence-corrected chi connectivity index (χ0v) is 14.8. The fourth-order valence-electron chi connectivity index (χ4n) is 4.35. The second-order valence-electron chi connectivity index (χ2n) is 7.52. The topological polar surface area (TPSA) is 55.6 Å². The van der Waals surface area contributed by atoms with Crippen LogP contribution >= 0.6 is 0 Å². The van der Waals surface area contributed by atoms with Crippen molar-refractivity contribution >= 4 is 6.41 Å². The Morgan fingerprint density at radius 2 is 2.23 bits per heavy atom. The van der Waals surface area contributed by atoms with E-state index in [0.717, 1.165) is 24.0 Å². The monoisotopic (exact) mass is 356 g/mol. The number of fused-ring (bicyclic) bond motifs is 1. The van der Waals surface area contributed by atoms with Gasteiger partial charge in [-0.05, 0) is 48.1 Å². The number of allylic oxidation sites excluding steroid dienone is 1. The van der Waals surface area contributed by atoms with Crippen LogP contribution in [0, 0.1) is 5.92 Å². The zero-order valence-electron chi connectivity index (χ0n) is 14.8. The summed E-state index contributed by atoms with van der Waals surface area (Å²) in [4.78, 5) is 13.4. The number of halogens is 1. The molecule has 1 amide bonds. The summed E-state index contributed by atoms with van der Waals surface area (Å²) in [7, 11) is 0. The first-order valence-electron chi connectivity index (χ1n) is 9.33. The van der Waals surface area contributed by atoms with Crippen LogP contribution in [0.5, 0.6) is 0 Å². The molecule has 1 aromatic carbocycles. The third-order valence-corrected chi connectivity index (χ3v) is 5.92. The van der Waals surface area contributed by atoms with Gasteiger partial charge in [0.25, 0.3) is 0 Å². The third-order valence-electron chi connectivity index (χ3n) is 5.92. The van der Waals surface area contributed by atoms with Gasteiger partial charge in [0.2, 0.25) is 6.41 Å².